The molecule has 0 bridgehead atoms. The van der Waals surface area contributed by atoms with Crippen LogP contribution in [0.25, 0.3) is 11.1 Å². The summed E-state index contributed by atoms with van der Waals surface area (Å²) in [5.41, 5.74) is 2.23. The first kappa shape index (κ1) is 21.3. The lowest BCUT2D eigenvalue weighted by Crippen LogP contribution is -2.42. The lowest BCUT2D eigenvalue weighted by Gasteiger charge is -2.25. The van der Waals surface area contributed by atoms with Gasteiger partial charge in [0.2, 0.25) is 10.0 Å². The Morgan fingerprint density at radius 3 is 2.59 bits per heavy atom. The Kier molecular flexibility index (Phi) is 6.54. The molecule has 8 heteroatoms. The smallest absolute Gasteiger partial charge is 0.321 e. The van der Waals surface area contributed by atoms with Gasteiger partial charge < -0.3 is 10.2 Å². The second-order valence-corrected chi connectivity index (χ2v) is 9.33. The number of nitrogens with zero attached hydrogens (tertiary/aromatic N) is 2. The average molecular weight is 420 g/mol. The van der Waals surface area contributed by atoms with Gasteiger partial charge in [-0.05, 0) is 48.2 Å². The fourth-order valence-electron chi connectivity index (χ4n) is 3.46. The summed E-state index contributed by atoms with van der Waals surface area (Å²) in [7, 11) is -1.57. The number of amides is 2. The van der Waals surface area contributed by atoms with Gasteiger partial charge in [-0.1, -0.05) is 31.2 Å². The van der Waals surface area contributed by atoms with Gasteiger partial charge in [0, 0.05) is 31.9 Å². The van der Waals surface area contributed by atoms with Crippen LogP contribution in [-0.4, -0.2) is 55.6 Å². The standard InChI is InChI=1S/C21H26FN3O3S/c1-3-13-29(27,28)25-12-11-20(15-25)24(2)21(26)23-19-9-7-16(8-10-19)17-5-4-6-18(22)14-17/h4-10,14,20H,3,11-13,15H2,1-2H3,(H,23,26)/t20-/m0/s1. The third-order valence-electron chi connectivity index (χ3n) is 5.14. The third kappa shape index (κ3) is 5.13. The van der Waals surface area contributed by atoms with Crippen LogP contribution in [0.5, 0.6) is 0 Å². The van der Waals surface area contributed by atoms with Crippen molar-refractivity contribution >= 4 is 21.7 Å². The van der Waals surface area contributed by atoms with E-state index in [-0.39, 0.29) is 23.6 Å². The first-order chi connectivity index (χ1) is 13.8. The fourth-order valence-corrected chi connectivity index (χ4v) is 5.01. The van der Waals surface area contributed by atoms with E-state index in [2.05, 4.69) is 5.32 Å². The van der Waals surface area contributed by atoms with Crippen molar-refractivity contribution in [3.05, 3.63) is 54.3 Å². The van der Waals surface area contributed by atoms with E-state index >= 15 is 0 Å². The molecule has 2 amide bonds. The van der Waals surface area contributed by atoms with Gasteiger partial charge in [-0.25, -0.2) is 17.6 Å². The summed E-state index contributed by atoms with van der Waals surface area (Å²) < 4.78 is 39.3. The van der Waals surface area contributed by atoms with E-state index in [4.69, 9.17) is 0 Å². The first-order valence-corrected chi connectivity index (χ1v) is 11.3. The highest BCUT2D eigenvalue weighted by molar-refractivity contribution is 7.89. The highest BCUT2D eigenvalue weighted by atomic mass is 32.2. The van der Waals surface area contributed by atoms with Gasteiger partial charge >= 0.3 is 6.03 Å². The number of benzene rings is 2. The zero-order chi connectivity index (χ0) is 21.0. The molecule has 0 radical (unpaired) electrons. The summed E-state index contributed by atoms with van der Waals surface area (Å²) in [5.74, 6) is -0.166. The van der Waals surface area contributed by atoms with Crippen LogP contribution in [0.3, 0.4) is 0 Å². The molecule has 6 nitrogen and oxygen atoms in total. The minimum Gasteiger partial charge on any atom is -0.323 e. The Morgan fingerprint density at radius 1 is 1.21 bits per heavy atom. The van der Waals surface area contributed by atoms with E-state index < -0.39 is 10.0 Å². The molecule has 29 heavy (non-hydrogen) atoms. The third-order valence-corrected chi connectivity index (χ3v) is 7.19. The summed E-state index contributed by atoms with van der Waals surface area (Å²) in [6.45, 7) is 2.60. The second kappa shape index (κ2) is 8.92. The van der Waals surface area contributed by atoms with Gasteiger partial charge in [0.1, 0.15) is 5.82 Å². The average Bonchev–Trinajstić information content (AvgIpc) is 3.19. The van der Waals surface area contributed by atoms with E-state index in [1.165, 1.54) is 16.4 Å². The molecule has 0 aliphatic carbocycles. The molecule has 1 aliphatic heterocycles. The monoisotopic (exact) mass is 419 g/mol. The summed E-state index contributed by atoms with van der Waals surface area (Å²) >= 11 is 0. The zero-order valence-corrected chi connectivity index (χ0v) is 17.5. The molecule has 1 N–H and O–H groups in total. The minimum absolute atomic E-state index is 0.132. The largest absolute Gasteiger partial charge is 0.323 e. The van der Waals surface area contributed by atoms with Crippen molar-refractivity contribution in [2.45, 2.75) is 25.8 Å². The molecule has 0 aromatic heterocycles. The number of sulfonamides is 1. The van der Waals surface area contributed by atoms with Gasteiger partial charge in [-0.2, -0.15) is 4.31 Å². The van der Waals surface area contributed by atoms with E-state index in [9.17, 15) is 17.6 Å². The lowest BCUT2D eigenvalue weighted by atomic mass is 10.1. The number of halogens is 1. The van der Waals surface area contributed by atoms with Gasteiger partial charge in [0.25, 0.3) is 0 Å². The molecule has 156 valence electrons. The van der Waals surface area contributed by atoms with Crippen LogP contribution < -0.4 is 5.32 Å². The molecule has 0 spiro atoms. The van der Waals surface area contributed by atoms with Crippen LogP contribution >= 0.6 is 0 Å². The van der Waals surface area contributed by atoms with Gasteiger partial charge in [0.05, 0.1) is 5.75 Å². The Hall–Kier alpha value is -2.45. The van der Waals surface area contributed by atoms with Crippen molar-refractivity contribution in [2.24, 2.45) is 0 Å². The van der Waals surface area contributed by atoms with Crippen molar-refractivity contribution in [1.29, 1.82) is 0 Å². The lowest BCUT2D eigenvalue weighted by molar-refractivity contribution is 0.206. The van der Waals surface area contributed by atoms with Crippen LogP contribution in [-0.2, 0) is 10.0 Å². The molecule has 1 heterocycles. The molecule has 1 atom stereocenters. The summed E-state index contributed by atoms with van der Waals surface area (Å²) in [5, 5.41) is 2.83. The summed E-state index contributed by atoms with van der Waals surface area (Å²) in [6.07, 6.45) is 1.19. The molecule has 1 fully saturated rings. The number of carbonyl (C=O) groups excluding carboxylic acids is 1. The number of anilines is 1. The van der Waals surface area contributed by atoms with Crippen LogP contribution in [0.4, 0.5) is 14.9 Å². The molecule has 2 aromatic rings. The fraction of sp³-hybridized carbons (Fsp3) is 0.381. The minimum atomic E-state index is -3.25. The quantitative estimate of drug-likeness (QED) is 0.775. The predicted octanol–water partition coefficient (Wildman–Crippen LogP) is 3.77. The Balaban J connectivity index is 1.60. The van der Waals surface area contributed by atoms with Crippen molar-refractivity contribution in [1.82, 2.24) is 9.21 Å². The molecule has 0 saturated carbocycles. The zero-order valence-electron chi connectivity index (χ0n) is 16.6. The van der Waals surface area contributed by atoms with Crippen molar-refractivity contribution in [3.63, 3.8) is 0 Å². The SMILES string of the molecule is CCCS(=O)(=O)N1CC[C@H](N(C)C(=O)Nc2ccc(-c3cccc(F)c3)cc2)C1. The van der Waals surface area contributed by atoms with Crippen LogP contribution in [0, 0.1) is 5.82 Å². The van der Waals surface area contributed by atoms with Crippen molar-refractivity contribution in [3.8, 4) is 11.1 Å². The highest BCUT2D eigenvalue weighted by Gasteiger charge is 2.34. The maximum absolute atomic E-state index is 13.4. The summed E-state index contributed by atoms with van der Waals surface area (Å²) in [6, 6.07) is 13.0. The van der Waals surface area contributed by atoms with Crippen LogP contribution in [0.15, 0.2) is 48.5 Å². The van der Waals surface area contributed by atoms with E-state index in [1.807, 2.05) is 25.1 Å². The van der Waals surface area contributed by atoms with Gasteiger partial charge in [-0.3, -0.25) is 0 Å². The van der Waals surface area contributed by atoms with Gasteiger partial charge in [-0.15, -0.1) is 0 Å². The second-order valence-electron chi connectivity index (χ2n) is 7.25. The number of carbonyl (C=O) groups is 1. The molecular formula is C21H26FN3O3S. The number of hydrogen-bond donors (Lipinski definition) is 1. The number of urea groups is 1. The number of likely N-dealkylation sites (N-methyl/N-ethyl adjacent to an activating group) is 1. The summed E-state index contributed by atoms with van der Waals surface area (Å²) in [4.78, 5) is 14.1. The molecule has 0 unspecified atom stereocenters. The molecular weight excluding hydrogens is 393 g/mol. The topological polar surface area (TPSA) is 69.7 Å². The van der Waals surface area contributed by atoms with Crippen LogP contribution in [0.1, 0.15) is 19.8 Å². The normalized spacial score (nSPS) is 17.3. The highest BCUT2D eigenvalue weighted by Crippen LogP contribution is 2.23. The van der Waals surface area contributed by atoms with Crippen LogP contribution in [0.2, 0.25) is 0 Å². The number of nitrogens with one attached hydrogen (secondary N) is 1. The number of hydrogen-bond acceptors (Lipinski definition) is 3. The van der Waals surface area contributed by atoms with E-state index in [1.54, 1.807) is 30.1 Å². The maximum atomic E-state index is 13.4. The molecule has 3 rings (SSSR count). The Morgan fingerprint density at radius 2 is 1.93 bits per heavy atom. The maximum Gasteiger partial charge on any atom is 0.321 e. The number of rotatable bonds is 6. The van der Waals surface area contributed by atoms with Crippen molar-refractivity contribution < 1.29 is 17.6 Å². The van der Waals surface area contributed by atoms with Crippen molar-refractivity contribution in [2.75, 3.05) is 31.2 Å². The Bertz CT molecular complexity index is 963. The molecule has 2 aromatic carbocycles. The first-order valence-electron chi connectivity index (χ1n) is 9.68. The predicted molar refractivity (Wildman–Crippen MR) is 113 cm³/mol. The van der Waals surface area contributed by atoms with Gasteiger partial charge in [0.15, 0.2) is 0 Å². The van der Waals surface area contributed by atoms with E-state index in [0.29, 0.717) is 31.6 Å². The van der Waals surface area contributed by atoms with E-state index in [0.717, 1.165) is 11.1 Å². The Labute approximate surface area is 171 Å². The molecule has 1 aliphatic rings. The molecule has 1 saturated heterocycles.